The molecule has 2 unspecified atom stereocenters. The van der Waals surface area contributed by atoms with Crippen molar-refractivity contribution >= 4 is 11.9 Å². The quantitative estimate of drug-likeness (QED) is 0.653. The predicted octanol–water partition coefficient (Wildman–Crippen LogP) is 2.63. The topological polar surface area (TPSA) is 56.7 Å². The molecule has 5 nitrogen and oxygen atoms in total. The highest BCUT2D eigenvalue weighted by molar-refractivity contribution is 5.94. The summed E-state index contributed by atoms with van der Waals surface area (Å²) < 4.78 is 0. The molecule has 2 N–H and O–H groups in total. The van der Waals surface area contributed by atoms with Crippen LogP contribution in [0.3, 0.4) is 0 Å². The van der Waals surface area contributed by atoms with Gasteiger partial charge >= 0.3 is 0 Å². The Morgan fingerprint density at radius 1 is 1.24 bits per heavy atom. The van der Waals surface area contributed by atoms with Gasteiger partial charge in [-0.15, -0.1) is 0 Å². The predicted molar refractivity (Wildman–Crippen MR) is 102 cm³/mol. The SMILES string of the molecule is CCNC(=NCc1cccc(C(=O)NC)c1)N1CC2CCCCC2C1. The summed E-state index contributed by atoms with van der Waals surface area (Å²) in [6.45, 7) is 5.86. The second kappa shape index (κ2) is 8.37. The molecule has 0 spiro atoms. The van der Waals surface area contributed by atoms with E-state index >= 15 is 0 Å². The maximum Gasteiger partial charge on any atom is 0.251 e. The lowest BCUT2D eigenvalue weighted by Gasteiger charge is -2.22. The molecule has 0 radical (unpaired) electrons. The van der Waals surface area contributed by atoms with Crippen LogP contribution < -0.4 is 10.6 Å². The minimum absolute atomic E-state index is 0.0543. The van der Waals surface area contributed by atoms with Crippen molar-refractivity contribution in [1.82, 2.24) is 15.5 Å². The summed E-state index contributed by atoms with van der Waals surface area (Å²) in [5.74, 6) is 2.65. The summed E-state index contributed by atoms with van der Waals surface area (Å²) in [6, 6.07) is 7.72. The minimum atomic E-state index is -0.0543. The molecule has 1 saturated heterocycles. The van der Waals surface area contributed by atoms with E-state index in [2.05, 4.69) is 22.5 Å². The van der Waals surface area contributed by atoms with Gasteiger partial charge in [-0.3, -0.25) is 4.79 Å². The van der Waals surface area contributed by atoms with Crippen LogP contribution in [0.2, 0.25) is 0 Å². The van der Waals surface area contributed by atoms with Gasteiger partial charge in [0, 0.05) is 32.2 Å². The highest BCUT2D eigenvalue weighted by atomic mass is 16.1. The number of rotatable bonds is 4. The van der Waals surface area contributed by atoms with Gasteiger partial charge in [0.15, 0.2) is 5.96 Å². The van der Waals surface area contributed by atoms with Crippen molar-refractivity contribution in [3.63, 3.8) is 0 Å². The van der Waals surface area contributed by atoms with Crippen LogP contribution in [-0.2, 0) is 6.54 Å². The second-order valence-electron chi connectivity index (χ2n) is 7.16. The van der Waals surface area contributed by atoms with E-state index in [0.29, 0.717) is 12.1 Å². The fraction of sp³-hybridized carbons (Fsp3) is 0.600. The lowest BCUT2D eigenvalue weighted by molar-refractivity contribution is 0.0963. The Hall–Kier alpha value is -2.04. The van der Waals surface area contributed by atoms with Gasteiger partial charge < -0.3 is 15.5 Å². The Balaban J connectivity index is 1.69. The molecule has 1 heterocycles. The number of likely N-dealkylation sites (tertiary alicyclic amines) is 1. The molecule has 0 bridgehead atoms. The molecule has 1 amide bonds. The van der Waals surface area contributed by atoms with Crippen molar-refractivity contribution in [2.24, 2.45) is 16.8 Å². The molecular weight excluding hydrogens is 312 g/mol. The Labute approximate surface area is 150 Å². The fourth-order valence-corrected chi connectivity index (χ4v) is 4.13. The molecule has 1 aromatic carbocycles. The molecule has 1 aromatic rings. The molecule has 2 aliphatic rings. The molecule has 136 valence electrons. The Morgan fingerprint density at radius 3 is 2.60 bits per heavy atom. The van der Waals surface area contributed by atoms with Crippen LogP contribution in [0.4, 0.5) is 0 Å². The monoisotopic (exact) mass is 342 g/mol. The molecule has 2 atom stereocenters. The molecular formula is C20H30N4O. The van der Waals surface area contributed by atoms with Crippen LogP contribution in [0.5, 0.6) is 0 Å². The number of nitrogens with zero attached hydrogens (tertiary/aromatic N) is 2. The van der Waals surface area contributed by atoms with E-state index in [4.69, 9.17) is 4.99 Å². The van der Waals surface area contributed by atoms with Gasteiger partial charge in [0.25, 0.3) is 5.91 Å². The Kier molecular flexibility index (Phi) is 5.95. The maximum atomic E-state index is 11.8. The van der Waals surface area contributed by atoms with Crippen LogP contribution in [0, 0.1) is 11.8 Å². The molecule has 25 heavy (non-hydrogen) atoms. The number of guanidine groups is 1. The molecule has 5 heteroatoms. The van der Waals surface area contributed by atoms with Crippen molar-refractivity contribution in [3.8, 4) is 0 Å². The van der Waals surface area contributed by atoms with Crippen molar-refractivity contribution < 1.29 is 4.79 Å². The van der Waals surface area contributed by atoms with Crippen molar-refractivity contribution in [2.45, 2.75) is 39.2 Å². The van der Waals surface area contributed by atoms with Crippen LogP contribution in [0.25, 0.3) is 0 Å². The number of amides is 1. The highest BCUT2D eigenvalue weighted by Gasteiger charge is 2.35. The lowest BCUT2D eigenvalue weighted by Crippen LogP contribution is -2.40. The number of hydrogen-bond acceptors (Lipinski definition) is 2. The third kappa shape index (κ3) is 4.33. The summed E-state index contributed by atoms with van der Waals surface area (Å²) in [6.07, 6.45) is 5.51. The molecule has 1 saturated carbocycles. The van der Waals surface area contributed by atoms with E-state index in [9.17, 15) is 4.79 Å². The average molecular weight is 342 g/mol. The van der Waals surface area contributed by atoms with Gasteiger partial charge in [-0.05, 0) is 49.3 Å². The number of fused-ring (bicyclic) bond motifs is 1. The van der Waals surface area contributed by atoms with Crippen LogP contribution in [0.15, 0.2) is 29.3 Å². The van der Waals surface area contributed by atoms with E-state index in [0.717, 1.165) is 43.0 Å². The van der Waals surface area contributed by atoms with Gasteiger partial charge in [0.2, 0.25) is 0 Å². The Morgan fingerprint density at radius 2 is 1.96 bits per heavy atom. The lowest BCUT2D eigenvalue weighted by atomic mass is 9.82. The number of benzene rings is 1. The number of aliphatic imine (C=N–C) groups is 1. The standard InChI is InChI=1S/C20H30N4O/c1-3-22-20(24-13-17-8-4-5-9-18(17)14-24)23-12-15-7-6-10-16(11-15)19(25)21-2/h6-7,10-11,17-18H,3-5,8-9,12-14H2,1-2H3,(H,21,25)(H,22,23). The third-order valence-electron chi connectivity index (χ3n) is 5.44. The van der Waals surface area contributed by atoms with E-state index in [1.54, 1.807) is 7.05 Å². The number of nitrogens with one attached hydrogen (secondary N) is 2. The summed E-state index contributed by atoms with van der Waals surface area (Å²) in [5, 5.41) is 6.12. The van der Waals surface area contributed by atoms with Gasteiger partial charge in [-0.2, -0.15) is 0 Å². The summed E-state index contributed by atoms with van der Waals surface area (Å²) in [7, 11) is 1.66. The summed E-state index contributed by atoms with van der Waals surface area (Å²) in [5.41, 5.74) is 1.75. The normalized spacial score (nSPS) is 23.3. The summed E-state index contributed by atoms with van der Waals surface area (Å²) >= 11 is 0. The minimum Gasteiger partial charge on any atom is -0.357 e. The van der Waals surface area contributed by atoms with E-state index < -0.39 is 0 Å². The maximum absolute atomic E-state index is 11.8. The van der Waals surface area contributed by atoms with Crippen LogP contribution in [0.1, 0.15) is 48.5 Å². The number of carbonyl (C=O) groups excluding carboxylic acids is 1. The zero-order valence-electron chi connectivity index (χ0n) is 15.4. The number of hydrogen-bond donors (Lipinski definition) is 2. The molecule has 0 aromatic heterocycles. The molecule has 3 rings (SSSR count). The zero-order valence-corrected chi connectivity index (χ0v) is 15.4. The molecule has 1 aliphatic heterocycles. The van der Waals surface area contributed by atoms with E-state index in [1.807, 2.05) is 24.3 Å². The zero-order chi connectivity index (χ0) is 17.6. The molecule has 1 aliphatic carbocycles. The first-order valence-electron chi connectivity index (χ1n) is 9.55. The number of carbonyl (C=O) groups is 1. The van der Waals surface area contributed by atoms with E-state index in [-0.39, 0.29) is 5.91 Å². The van der Waals surface area contributed by atoms with Crippen molar-refractivity contribution in [1.29, 1.82) is 0 Å². The van der Waals surface area contributed by atoms with Crippen molar-refractivity contribution in [3.05, 3.63) is 35.4 Å². The van der Waals surface area contributed by atoms with Crippen LogP contribution >= 0.6 is 0 Å². The van der Waals surface area contributed by atoms with Crippen molar-refractivity contribution in [2.75, 3.05) is 26.7 Å². The van der Waals surface area contributed by atoms with Gasteiger partial charge in [0.1, 0.15) is 0 Å². The second-order valence-corrected chi connectivity index (χ2v) is 7.16. The summed E-state index contributed by atoms with van der Waals surface area (Å²) in [4.78, 5) is 19.1. The van der Waals surface area contributed by atoms with Gasteiger partial charge in [-0.1, -0.05) is 25.0 Å². The van der Waals surface area contributed by atoms with Crippen LogP contribution in [-0.4, -0.2) is 43.4 Å². The van der Waals surface area contributed by atoms with E-state index in [1.165, 1.54) is 25.7 Å². The first-order chi connectivity index (χ1) is 12.2. The first kappa shape index (κ1) is 17.8. The van der Waals surface area contributed by atoms with Gasteiger partial charge in [0.05, 0.1) is 6.54 Å². The first-order valence-corrected chi connectivity index (χ1v) is 9.55. The third-order valence-corrected chi connectivity index (χ3v) is 5.44. The highest BCUT2D eigenvalue weighted by Crippen LogP contribution is 2.35. The fourth-order valence-electron chi connectivity index (χ4n) is 4.13. The smallest absolute Gasteiger partial charge is 0.251 e. The average Bonchev–Trinajstić information content (AvgIpc) is 3.08. The Bertz CT molecular complexity index is 614. The van der Waals surface area contributed by atoms with Gasteiger partial charge in [-0.25, -0.2) is 4.99 Å². The largest absolute Gasteiger partial charge is 0.357 e. The molecule has 2 fully saturated rings.